The van der Waals surface area contributed by atoms with E-state index < -0.39 is 0 Å². The number of piperidine rings is 1. The first kappa shape index (κ1) is 17.9. The topological polar surface area (TPSA) is 24.7 Å². The van der Waals surface area contributed by atoms with Gasteiger partial charge in [-0.1, -0.05) is 28.7 Å². The summed E-state index contributed by atoms with van der Waals surface area (Å²) in [5.74, 6) is 0. The summed E-state index contributed by atoms with van der Waals surface area (Å²) in [7, 11) is 3.80. The summed E-state index contributed by atoms with van der Waals surface area (Å²) in [4.78, 5) is 1.21. The largest absolute Gasteiger partial charge is 0.466 e. The van der Waals surface area contributed by atoms with Gasteiger partial charge in [0.1, 0.15) is 6.10 Å². The van der Waals surface area contributed by atoms with Gasteiger partial charge in [-0.3, -0.25) is 0 Å². The summed E-state index contributed by atoms with van der Waals surface area (Å²) in [6.07, 6.45) is 2.01. The third-order valence-corrected chi connectivity index (χ3v) is 1.59. The number of rotatable bonds is 0. The lowest BCUT2D eigenvalue weighted by Crippen LogP contribution is -3.09. The Kier molecular flexibility index (Phi) is 16.3. The van der Waals surface area contributed by atoms with E-state index in [2.05, 4.69) is 7.05 Å². The summed E-state index contributed by atoms with van der Waals surface area (Å²) in [5.41, 5.74) is 0. The molecule has 0 radical (unpaired) electrons. The lowest BCUT2D eigenvalue weighted by molar-refractivity contribution is -0.863. The summed E-state index contributed by atoms with van der Waals surface area (Å²) in [5, 5.41) is 9.02. The average molecular weight is 177 g/mol. The molecule has 78 valence electrons. The van der Waals surface area contributed by atoms with E-state index in [1.807, 2.05) is 13.8 Å². The number of hydrogen-bond donors (Lipinski definition) is 2. The molecule has 0 bridgehead atoms. The van der Waals surface area contributed by atoms with Crippen LogP contribution in [0.25, 0.3) is 0 Å². The van der Waals surface area contributed by atoms with Crippen LogP contribution in [0.1, 0.15) is 41.5 Å². The smallest absolute Gasteiger partial charge is 0.101 e. The summed E-state index contributed by atoms with van der Waals surface area (Å²) < 4.78 is 0. The lowest BCUT2D eigenvalue weighted by Gasteiger charge is -2.28. The zero-order chi connectivity index (χ0) is 7.98. The molecule has 2 atom stereocenters. The van der Waals surface area contributed by atoms with Gasteiger partial charge in [0.15, 0.2) is 0 Å². The van der Waals surface area contributed by atoms with Crippen LogP contribution in [0.4, 0.5) is 0 Å². The van der Waals surface area contributed by atoms with Crippen molar-refractivity contribution in [2.24, 2.45) is 0 Å². The van der Waals surface area contributed by atoms with Crippen molar-refractivity contribution >= 4 is 0 Å². The number of quaternary nitrogens is 1. The van der Waals surface area contributed by atoms with E-state index in [-0.39, 0.29) is 21.0 Å². The van der Waals surface area contributed by atoms with E-state index in [4.69, 9.17) is 5.11 Å². The lowest BCUT2D eigenvalue weighted by atomic mass is 10.1. The van der Waals surface area contributed by atoms with Gasteiger partial charge in [0, 0.05) is 0 Å². The van der Waals surface area contributed by atoms with E-state index in [0.717, 1.165) is 25.9 Å². The van der Waals surface area contributed by atoms with Crippen LogP contribution in [-0.4, -0.2) is 24.3 Å². The fourth-order valence-corrected chi connectivity index (χ4v) is 1.13. The van der Waals surface area contributed by atoms with Crippen LogP contribution in [0.2, 0.25) is 0 Å². The van der Waals surface area contributed by atoms with Crippen LogP contribution in [0, 0.1) is 7.05 Å². The fourth-order valence-electron chi connectivity index (χ4n) is 1.13. The monoisotopic (exact) mass is 177 g/mol. The molecule has 1 fully saturated rings. The molecule has 1 aliphatic heterocycles. The van der Waals surface area contributed by atoms with Crippen molar-refractivity contribution in [3.8, 4) is 0 Å². The van der Waals surface area contributed by atoms with Gasteiger partial charge >= 0.3 is 0 Å². The molecule has 0 aliphatic carbocycles. The predicted molar refractivity (Wildman–Crippen MR) is 56.1 cm³/mol. The van der Waals surface area contributed by atoms with Gasteiger partial charge in [0.05, 0.1) is 13.1 Å². The van der Waals surface area contributed by atoms with Crippen molar-refractivity contribution in [2.75, 3.05) is 13.1 Å². The molecule has 1 saturated heterocycles. The minimum atomic E-state index is -0.0868. The molecule has 1 rings (SSSR count). The maximum absolute atomic E-state index is 9.02. The highest BCUT2D eigenvalue weighted by molar-refractivity contribution is 4.56. The van der Waals surface area contributed by atoms with Crippen molar-refractivity contribution in [1.29, 1.82) is 0 Å². The first-order valence-corrected chi connectivity index (χ1v) is 4.14. The van der Waals surface area contributed by atoms with Gasteiger partial charge < -0.3 is 10.0 Å². The number of aliphatic hydroxyl groups is 1. The molecule has 2 N–H and O–H groups in total. The molecule has 0 saturated carbocycles. The highest BCUT2D eigenvalue weighted by Gasteiger charge is 2.13. The average Bonchev–Trinajstić information content (AvgIpc) is 1.91. The Morgan fingerprint density at radius 1 is 1.33 bits per heavy atom. The van der Waals surface area contributed by atoms with Crippen molar-refractivity contribution in [1.82, 2.24) is 0 Å². The Morgan fingerprint density at radius 2 is 1.83 bits per heavy atom. The predicted octanol–water partition coefficient (Wildman–Crippen LogP) is 1.12. The van der Waals surface area contributed by atoms with Crippen LogP contribution >= 0.6 is 0 Å². The first-order valence-electron chi connectivity index (χ1n) is 4.14. The van der Waals surface area contributed by atoms with Gasteiger partial charge in [0.25, 0.3) is 0 Å². The maximum atomic E-state index is 9.02. The normalized spacial score (nSPS) is 27.0. The second kappa shape index (κ2) is 10.9. The molecular weight excluding hydrogens is 150 g/mol. The van der Waals surface area contributed by atoms with Crippen molar-refractivity contribution in [3.05, 3.63) is 7.05 Å². The highest BCUT2D eigenvalue weighted by Crippen LogP contribution is 1.95. The molecule has 0 amide bonds. The first-order chi connectivity index (χ1) is 4.79. The van der Waals surface area contributed by atoms with Crippen LogP contribution in [0.3, 0.4) is 0 Å². The number of nitrogens with one attached hydrogen (secondary N) is 1. The Hall–Kier alpha value is -0.0800. The van der Waals surface area contributed by atoms with E-state index in [0.29, 0.717) is 0 Å². The Bertz CT molecular complexity index is 68.2. The number of aliphatic hydroxyl groups excluding tert-OH is 1. The van der Waals surface area contributed by atoms with Gasteiger partial charge in [-0.05, 0) is 12.8 Å². The molecule has 0 aromatic heterocycles. The van der Waals surface area contributed by atoms with Gasteiger partial charge in [-0.25, -0.2) is 0 Å². The molecular formula is C10H27NO. The quantitative estimate of drug-likeness (QED) is 0.532. The zero-order valence-corrected chi connectivity index (χ0v) is 7.06. The minimum Gasteiger partial charge on any atom is -0.466 e. The van der Waals surface area contributed by atoms with Crippen molar-refractivity contribution in [3.63, 3.8) is 0 Å². The number of hydrogen-bond acceptors (Lipinski definition) is 1. The summed E-state index contributed by atoms with van der Waals surface area (Å²) in [6, 6.07) is 0. The van der Waals surface area contributed by atoms with E-state index >= 15 is 0 Å². The molecule has 0 aromatic carbocycles. The zero-order valence-electron chi connectivity index (χ0n) is 7.06. The highest BCUT2D eigenvalue weighted by atomic mass is 16.3. The molecule has 2 heteroatoms. The second-order valence-corrected chi connectivity index (χ2v) is 2.50. The Balaban J connectivity index is -0.000000189. The fraction of sp³-hybridized carbons (Fsp3) is 0.900. The van der Waals surface area contributed by atoms with Gasteiger partial charge in [0.2, 0.25) is 0 Å². The van der Waals surface area contributed by atoms with Gasteiger partial charge in [-0.2, -0.15) is 7.05 Å². The molecule has 12 heavy (non-hydrogen) atoms. The van der Waals surface area contributed by atoms with E-state index in [1.54, 1.807) is 0 Å². The minimum absolute atomic E-state index is 0. The molecule has 1 heterocycles. The summed E-state index contributed by atoms with van der Waals surface area (Å²) >= 11 is 0. The molecule has 1 aliphatic rings. The van der Waals surface area contributed by atoms with Crippen molar-refractivity contribution < 1.29 is 10.0 Å². The van der Waals surface area contributed by atoms with E-state index in [1.165, 1.54) is 4.90 Å². The van der Waals surface area contributed by atoms with Gasteiger partial charge in [-0.15, -0.1) is 0 Å². The standard InChI is InChI=1S/C6H13NO.C2H6.2CH4/c1-7-4-2-3-6(8)5-7;1-2;;/h6-8H,1-5H2;1-2H3;2*1H4/t6-;;;/m1.../s1. The molecule has 1 unspecified atom stereocenters. The molecule has 0 spiro atoms. The Labute approximate surface area is 78.6 Å². The molecule has 0 aromatic rings. The summed E-state index contributed by atoms with van der Waals surface area (Å²) in [6.45, 7) is 5.96. The van der Waals surface area contributed by atoms with Crippen molar-refractivity contribution in [2.45, 2.75) is 47.6 Å². The van der Waals surface area contributed by atoms with Crippen LogP contribution < -0.4 is 4.90 Å². The Morgan fingerprint density at radius 3 is 2.08 bits per heavy atom. The van der Waals surface area contributed by atoms with Crippen LogP contribution in [0.15, 0.2) is 0 Å². The van der Waals surface area contributed by atoms with Crippen LogP contribution in [-0.2, 0) is 0 Å². The second-order valence-electron chi connectivity index (χ2n) is 2.50. The SMILES string of the molecule is C.C.CC.[CH2-][NH+]1CCC[C@@H](O)C1. The molecule has 2 nitrogen and oxygen atoms in total. The van der Waals surface area contributed by atoms with E-state index in [9.17, 15) is 0 Å². The maximum Gasteiger partial charge on any atom is 0.101 e. The number of likely N-dealkylation sites (tertiary alicyclic amines) is 1. The third kappa shape index (κ3) is 8.02. The third-order valence-electron chi connectivity index (χ3n) is 1.59. The van der Waals surface area contributed by atoms with Crippen LogP contribution in [0.5, 0.6) is 0 Å².